The number of hydrogen-bond acceptors (Lipinski definition) is 3. The number of ether oxygens (including phenoxy) is 1. The summed E-state index contributed by atoms with van der Waals surface area (Å²) in [6.45, 7) is 0. The first-order valence-corrected chi connectivity index (χ1v) is 8.21. The lowest BCUT2D eigenvalue weighted by Gasteiger charge is -2.26. The Labute approximate surface area is 135 Å². The number of carbonyl (C=O) groups excluding carboxylic acids is 1. The highest BCUT2D eigenvalue weighted by atomic mass is 16.5. The standard InChI is InChI=1S/C19H20N2O2/c22-19(7-6-13-4-2-1-3-5-13)23-18-10-14-8-15(18)9-16(14)17-11-20-12-21-17/h1-7,11-12,14-16,18H,8-10H2,(H,20,21)/b7-6+/t14-,15-,16+,18-/m0/s1. The molecule has 1 N–H and O–H groups in total. The number of nitrogens with one attached hydrogen (secondary N) is 1. The van der Waals surface area contributed by atoms with Gasteiger partial charge < -0.3 is 9.72 Å². The van der Waals surface area contributed by atoms with Crippen molar-refractivity contribution in [1.82, 2.24) is 9.97 Å². The number of benzene rings is 1. The summed E-state index contributed by atoms with van der Waals surface area (Å²) in [5.41, 5.74) is 2.24. The molecule has 0 saturated heterocycles. The second-order valence-electron chi connectivity index (χ2n) is 6.56. The van der Waals surface area contributed by atoms with Crippen molar-refractivity contribution in [3.05, 3.63) is 60.2 Å². The fourth-order valence-electron chi connectivity index (χ4n) is 4.13. The molecule has 1 aromatic carbocycles. The normalized spacial score (nSPS) is 29.2. The predicted octanol–water partition coefficient (Wildman–Crippen LogP) is 3.55. The molecule has 0 radical (unpaired) electrons. The highest BCUT2D eigenvalue weighted by Crippen LogP contribution is 2.53. The van der Waals surface area contributed by atoms with Crippen LogP contribution in [0.2, 0.25) is 0 Å². The number of esters is 1. The van der Waals surface area contributed by atoms with Crippen LogP contribution in [0.4, 0.5) is 0 Å². The van der Waals surface area contributed by atoms with Crippen LogP contribution >= 0.6 is 0 Å². The average molecular weight is 308 g/mol. The highest BCUT2D eigenvalue weighted by molar-refractivity contribution is 5.87. The van der Waals surface area contributed by atoms with Crippen LogP contribution in [0, 0.1) is 11.8 Å². The number of hydrogen-bond donors (Lipinski definition) is 1. The Bertz CT molecular complexity index is 693. The number of rotatable bonds is 4. The zero-order chi connectivity index (χ0) is 15.6. The molecular weight excluding hydrogens is 288 g/mol. The average Bonchev–Trinajstić information content (AvgIpc) is 3.30. The van der Waals surface area contributed by atoms with E-state index in [0.29, 0.717) is 17.8 Å². The number of H-pyrrole nitrogens is 1. The van der Waals surface area contributed by atoms with Gasteiger partial charge in [-0.2, -0.15) is 0 Å². The van der Waals surface area contributed by atoms with E-state index in [0.717, 1.165) is 24.8 Å². The Morgan fingerprint density at radius 2 is 2.04 bits per heavy atom. The summed E-state index contributed by atoms with van der Waals surface area (Å²) < 4.78 is 5.68. The van der Waals surface area contributed by atoms with Crippen LogP contribution < -0.4 is 0 Å². The molecule has 2 aliphatic carbocycles. The van der Waals surface area contributed by atoms with Crippen LogP contribution in [0.15, 0.2) is 48.9 Å². The SMILES string of the molecule is O=C(/C=C/c1ccccc1)O[C@H]1C[C@@H]2C[C@H]1C[C@H]2c1cnc[nH]1. The topological polar surface area (TPSA) is 55.0 Å². The smallest absolute Gasteiger partial charge is 0.331 e. The molecule has 0 amide bonds. The third-order valence-electron chi connectivity index (χ3n) is 5.19. The maximum atomic E-state index is 12.0. The summed E-state index contributed by atoms with van der Waals surface area (Å²) in [6.07, 6.45) is 10.3. The van der Waals surface area contributed by atoms with Gasteiger partial charge in [0, 0.05) is 23.9 Å². The zero-order valence-corrected chi connectivity index (χ0v) is 12.9. The number of aromatic amines is 1. The first-order valence-electron chi connectivity index (χ1n) is 8.21. The van der Waals surface area contributed by atoms with Gasteiger partial charge in [-0.25, -0.2) is 9.78 Å². The van der Waals surface area contributed by atoms with Crippen molar-refractivity contribution in [3.63, 3.8) is 0 Å². The van der Waals surface area contributed by atoms with Crippen molar-refractivity contribution in [2.45, 2.75) is 31.3 Å². The second kappa shape index (κ2) is 6.03. The van der Waals surface area contributed by atoms with Gasteiger partial charge in [0.05, 0.1) is 6.33 Å². The Morgan fingerprint density at radius 1 is 1.17 bits per heavy atom. The van der Waals surface area contributed by atoms with Crippen LogP contribution in [0.3, 0.4) is 0 Å². The van der Waals surface area contributed by atoms with Crippen molar-refractivity contribution in [2.24, 2.45) is 11.8 Å². The Balaban J connectivity index is 1.33. The first-order chi connectivity index (χ1) is 11.3. The molecule has 118 valence electrons. The van der Waals surface area contributed by atoms with Crippen LogP contribution in [0.1, 0.15) is 36.4 Å². The van der Waals surface area contributed by atoms with Crippen LogP contribution in [0.5, 0.6) is 0 Å². The van der Waals surface area contributed by atoms with Gasteiger partial charge in [0.1, 0.15) is 6.10 Å². The van der Waals surface area contributed by atoms with E-state index in [2.05, 4.69) is 9.97 Å². The molecule has 2 aromatic rings. The number of fused-ring (bicyclic) bond motifs is 2. The summed E-state index contributed by atoms with van der Waals surface area (Å²) >= 11 is 0. The lowest BCUT2D eigenvalue weighted by Crippen LogP contribution is -2.26. The third-order valence-corrected chi connectivity index (χ3v) is 5.19. The number of carbonyl (C=O) groups is 1. The molecule has 0 aliphatic heterocycles. The van der Waals surface area contributed by atoms with Crippen molar-refractivity contribution < 1.29 is 9.53 Å². The second-order valence-corrected chi connectivity index (χ2v) is 6.56. The molecule has 2 saturated carbocycles. The molecule has 0 spiro atoms. The number of nitrogens with zero attached hydrogens (tertiary/aromatic N) is 1. The molecule has 4 heteroatoms. The molecule has 1 aromatic heterocycles. The minimum absolute atomic E-state index is 0.0760. The fourth-order valence-corrected chi connectivity index (χ4v) is 4.13. The molecule has 2 fully saturated rings. The van der Waals surface area contributed by atoms with Crippen molar-refractivity contribution in [1.29, 1.82) is 0 Å². The fraction of sp³-hybridized carbons (Fsp3) is 0.368. The molecule has 4 rings (SSSR count). The molecule has 0 unspecified atom stereocenters. The molecule has 4 atom stereocenters. The summed E-state index contributed by atoms with van der Waals surface area (Å²) in [5.74, 6) is 1.42. The van der Waals surface area contributed by atoms with Crippen LogP contribution in [0.25, 0.3) is 6.08 Å². The summed E-state index contributed by atoms with van der Waals surface area (Å²) in [4.78, 5) is 19.4. The predicted molar refractivity (Wildman–Crippen MR) is 87.5 cm³/mol. The Kier molecular flexibility index (Phi) is 3.74. The molecule has 23 heavy (non-hydrogen) atoms. The molecule has 4 nitrogen and oxygen atoms in total. The van der Waals surface area contributed by atoms with E-state index in [4.69, 9.17) is 4.74 Å². The monoisotopic (exact) mass is 308 g/mol. The maximum absolute atomic E-state index is 12.0. The van der Waals surface area contributed by atoms with Gasteiger partial charge in [-0.1, -0.05) is 30.3 Å². The minimum atomic E-state index is -0.232. The lowest BCUT2D eigenvalue weighted by atomic mass is 9.85. The Hall–Kier alpha value is -2.36. The molecule has 2 aliphatic rings. The largest absolute Gasteiger partial charge is 0.459 e. The first kappa shape index (κ1) is 14.2. The number of imidazole rings is 1. The highest BCUT2D eigenvalue weighted by Gasteiger charge is 2.48. The molecular formula is C19H20N2O2. The molecule has 2 bridgehead atoms. The third kappa shape index (κ3) is 2.93. The molecule has 1 heterocycles. The quantitative estimate of drug-likeness (QED) is 0.694. The van der Waals surface area contributed by atoms with Gasteiger partial charge in [0.2, 0.25) is 0 Å². The van der Waals surface area contributed by atoms with Gasteiger partial charge in [-0.05, 0) is 42.7 Å². The van der Waals surface area contributed by atoms with Gasteiger partial charge in [0.15, 0.2) is 0 Å². The van der Waals surface area contributed by atoms with E-state index in [1.807, 2.05) is 42.6 Å². The van der Waals surface area contributed by atoms with Gasteiger partial charge in [0.25, 0.3) is 0 Å². The van der Waals surface area contributed by atoms with Crippen molar-refractivity contribution in [2.75, 3.05) is 0 Å². The minimum Gasteiger partial charge on any atom is -0.459 e. The van der Waals surface area contributed by atoms with Crippen molar-refractivity contribution >= 4 is 12.0 Å². The Morgan fingerprint density at radius 3 is 2.74 bits per heavy atom. The van der Waals surface area contributed by atoms with Crippen LogP contribution in [-0.4, -0.2) is 22.0 Å². The van der Waals surface area contributed by atoms with E-state index in [-0.39, 0.29) is 12.1 Å². The number of aromatic nitrogens is 2. The summed E-state index contributed by atoms with van der Waals surface area (Å²) in [5, 5.41) is 0. The van der Waals surface area contributed by atoms with E-state index < -0.39 is 0 Å². The van der Waals surface area contributed by atoms with Crippen molar-refractivity contribution in [3.8, 4) is 0 Å². The summed E-state index contributed by atoms with van der Waals surface area (Å²) in [7, 11) is 0. The van der Waals surface area contributed by atoms with Crippen LogP contribution in [-0.2, 0) is 9.53 Å². The van der Waals surface area contributed by atoms with E-state index in [1.54, 1.807) is 6.33 Å². The van der Waals surface area contributed by atoms with Gasteiger partial charge in [-0.3, -0.25) is 0 Å². The van der Waals surface area contributed by atoms with E-state index in [1.165, 1.54) is 11.8 Å². The lowest BCUT2D eigenvalue weighted by molar-refractivity contribution is -0.145. The summed E-state index contributed by atoms with van der Waals surface area (Å²) in [6, 6.07) is 9.81. The van der Waals surface area contributed by atoms with E-state index >= 15 is 0 Å². The van der Waals surface area contributed by atoms with Gasteiger partial charge >= 0.3 is 5.97 Å². The zero-order valence-electron chi connectivity index (χ0n) is 12.9. The van der Waals surface area contributed by atoms with E-state index in [9.17, 15) is 4.79 Å². The maximum Gasteiger partial charge on any atom is 0.331 e. The van der Waals surface area contributed by atoms with Gasteiger partial charge in [-0.15, -0.1) is 0 Å².